The predicted octanol–water partition coefficient (Wildman–Crippen LogP) is 1.79. The van der Waals surface area contributed by atoms with Gasteiger partial charge in [-0.3, -0.25) is 0 Å². The van der Waals surface area contributed by atoms with Gasteiger partial charge >= 0.3 is 5.97 Å². The monoisotopic (exact) mass is 232 g/mol. The first-order valence-corrected chi connectivity index (χ1v) is 5.02. The fraction of sp³-hybridized carbons (Fsp3) is 0.167. The van der Waals surface area contributed by atoms with Crippen LogP contribution < -0.4 is 4.74 Å². The summed E-state index contributed by atoms with van der Waals surface area (Å²) in [5, 5.41) is 9.18. The number of carbonyl (C=O) groups is 1. The van der Waals surface area contributed by atoms with Crippen molar-refractivity contribution in [2.24, 2.45) is 7.05 Å². The van der Waals surface area contributed by atoms with E-state index < -0.39 is 5.97 Å². The summed E-state index contributed by atoms with van der Waals surface area (Å²) in [5.74, 6) is 0.132. The minimum absolute atomic E-state index is 0.179. The molecule has 1 aromatic heterocycles. The molecule has 5 heteroatoms. The second kappa shape index (κ2) is 4.29. The molecule has 2 rings (SSSR count). The highest BCUT2D eigenvalue weighted by Gasteiger charge is 2.15. The molecule has 1 aromatic carbocycles. The Labute approximate surface area is 98.3 Å². The van der Waals surface area contributed by atoms with Crippen LogP contribution in [0.1, 0.15) is 10.4 Å². The summed E-state index contributed by atoms with van der Waals surface area (Å²) in [4.78, 5) is 15.3. The van der Waals surface area contributed by atoms with E-state index in [1.54, 1.807) is 29.1 Å². The molecule has 0 aliphatic carbocycles. The summed E-state index contributed by atoms with van der Waals surface area (Å²) in [6, 6.07) is 4.91. The number of ether oxygens (including phenoxy) is 1. The van der Waals surface area contributed by atoms with Crippen molar-refractivity contribution >= 4 is 5.97 Å². The number of aromatic carboxylic acids is 1. The summed E-state index contributed by atoms with van der Waals surface area (Å²) in [7, 11) is 3.32. The Balaban J connectivity index is 2.62. The quantitative estimate of drug-likeness (QED) is 0.876. The lowest BCUT2D eigenvalue weighted by molar-refractivity contribution is 0.0697. The average Bonchev–Trinajstić information content (AvgIpc) is 2.74. The van der Waals surface area contributed by atoms with Gasteiger partial charge in [0.1, 0.15) is 11.6 Å². The van der Waals surface area contributed by atoms with E-state index >= 15 is 0 Å². The van der Waals surface area contributed by atoms with Gasteiger partial charge in [-0.2, -0.15) is 0 Å². The Kier molecular flexibility index (Phi) is 2.82. The molecule has 0 spiro atoms. The second-order valence-corrected chi connectivity index (χ2v) is 3.58. The van der Waals surface area contributed by atoms with E-state index in [2.05, 4.69) is 4.98 Å². The molecule has 88 valence electrons. The van der Waals surface area contributed by atoms with Crippen LogP contribution in [0.5, 0.6) is 5.75 Å². The normalized spacial score (nSPS) is 10.2. The third-order valence-electron chi connectivity index (χ3n) is 2.52. The molecular formula is C12H12N2O3. The predicted molar refractivity (Wildman–Crippen MR) is 62.2 cm³/mol. The summed E-state index contributed by atoms with van der Waals surface area (Å²) >= 11 is 0. The van der Waals surface area contributed by atoms with Crippen LogP contribution in [0, 0.1) is 0 Å². The van der Waals surface area contributed by atoms with Crippen molar-refractivity contribution in [3.05, 3.63) is 36.2 Å². The standard InChI is InChI=1S/C12H12N2O3/c1-14-6-5-13-11(14)9-4-3-8(17-2)7-10(9)12(15)16/h3-7H,1-2H3,(H,15,16). The number of benzene rings is 1. The van der Waals surface area contributed by atoms with Gasteiger partial charge in [0.15, 0.2) is 0 Å². The molecule has 0 fully saturated rings. The van der Waals surface area contributed by atoms with Gasteiger partial charge in [0.2, 0.25) is 0 Å². The third kappa shape index (κ3) is 1.99. The van der Waals surface area contributed by atoms with Crippen LogP contribution in [0.25, 0.3) is 11.4 Å². The highest BCUT2D eigenvalue weighted by molar-refractivity contribution is 5.95. The molecule has 0 unspecified atom stereocenters. The van der Waals surface area contributed by atoms with Crippen molar-refractivity contribution in [2.45, 2.75) is 0 Å². The molecule has 2 aromatic rings. The summed E-state index contributed by atoms with van der Waals surface area (Å²) in [6.45, 7) is 0. The molecule has 1 N–H and O–H groups in total. The Morgan fingerprint density at radius 2 is 2.24 bits per heavy atom. The van der Waals surface area contributed by atoms with Gasteiger partial charge in [-0.05, 0) is 18.2 Å². The lowest BCUT2D eigenvalue weighted by atomic mass is 10.1. The Bertz CT molecular complexity index is 561. The van der Waals surface area contributed by atoms with E-state index in [0.717, 1.165) is 0 Å². The third-order valence-corrected chi connectivity index (χ3v) is 2.52. The second-order valence-electron chi connectivity index (χ2n) is 3.58. The van der Waals surface area contributed by atoms with Crippen molar-refractivity contribution in [2.75, 3.05) is 7.11 Å². The summed E-state index contributed by atoms with van der Waals surface area (Å²) in [5.41, 5.74) is 0.754. The van der Waals surface area contributed by atoms with Crippen molar-refractivity contribution in [3.63, 3.8) is 0 Å². The molecule has 0 saturated carbocycles. The van der Waals surface area contributed by atoms with E-state index in [4.69, 9.17) is 4.74 Å². The SMILES string of the molecule is COc1ccc(-c2nccn2C)c(C(=O)O)c1. The molecule has 0 atom stereocenters. The van der Waals surface area contributed by atoms with Crippen LogP contribution in [0.15, 0.2) is 30.6 Å². The van der Waals surface area contributed by atoms with Gasteiger partial charge < -0.3 is 14.4 Å². The Morgan fingerprint density at radius 3 is 2.76 bits per heavy atom. The topological polar surface area (TPSA) is 64.4 Å². The lowest BCUT2D eigenvalue weighted by Gasteiger charge is -2.08. The first-order chi connectivity index (χ1) is 8.13. The van der Waals surface area contributed by atoms with Crippen LogP contribution >= 0.6 is 0 Å². The number of hydrogen-bond acceptors (Lipinski definition) is 3. The molecular weight excluding hydrogens is 220 g/mol. The number of hydrogen-bond donors (Lipinski definition) is 1. The van der Waals surface area contributed by atoms with Gasteiger partial charge in [-0.1, -0.05) is 0 Å². The van der Waals surface area contributed by atoms with Crippen LogP contribution in [0.2, 0.25) is 0 Å². The largest absolute Gasteiger partial charge is 0.497 e. The molecule has 0 bridgehead atoms. The zero-order valence-corrected chi connectivity index (χ0v) is 9.54. The first kappa shape index (κ1) is 11.2. The van der Waals surface area contributed by atoms with E-state index in [0.29, 0.717) is 17.1 Å². The maximum absolute atomic E-state index is 11.2. The van der Waals surface area contributed by atoms with Gasteiger partial charge in [0, 0.05) is 25.0 Å². The zero-order valence-electron chi connectivity index (χ0n) is 9.54. The molecule has 0 aliphatic heterocycles. The van der Waals surface area contributed by atoms with Crippen LogP contribution in [0.4, 0.5) is 0 Å². The minimum atomic E-state index is -0.998. The molecule has 0 amide bonds. The molecule has 0 saturated heterocycles. The van der Waals surface area contributed by atoms with Crippen LogP contribution in [-0.4, -0.2) is 27.7 Å². The highest BCUT2D eigenvalue weighted by atomic mass is 16.5. The zero-order chi connectivity index (χ0) is 12.4. The fourth-order valence-corrected chi connectivity index (χ4v) is 1.65. The van der Waals surface area contributed by atoms with Gasteiger partial charge in [-0.25, -0.2) is 9.78 Å². The molecule has 0 radical (unpaired) electrons. The van der Waals surface area contributed by atoms with Crippen molar-refractivity contribution in [3.8, 4) is 17.1 Å². The van der Waals surface area contributed by atoms with Crippen molar-refractivity contribution in [1.29, 1.82) is 0 Å². The smallest absolute Gasteiger partial charge is 0.336 e. The summed E-state index contributed by atoms with van der Waals surface area (Å²) < 4.78 is 6.79. The summed E-state index contributed by atoms with van der Waals surface area (Å²) in [6.07, 6.45) is 3.40. The number of rotatable bonds is 3. The van der Waals surface area contributed by atoms with Gasteiger partial charge in [0.05, 0.1) is 12.7 Å². The Morgan fingerprint density at radius 1 is 1.47 bits per heavy atom. The molecule has 17 heavy (non-hydrogen) atoms. The number of methoxy groups -OCH3 is 1. The van der Waals surface area contributed by atoms with E-state index in [-0.39, 0.29) is 5.56 Å². The maximum Gasteiger partial charge on any atom is 0.336 e. The lowest BCUT2D eigenvalue weighted by Crippen LogP contribution is -2.03. The first-order valence-electron chi connectivity index (χ1n) is 5.02. The molecule has 0 aliphatic rings. The number of imidazole rings is 1. The van der Waals surface area contributed by atoms with E-state index in [9.17, 15) is 9.90 Å². The average molecular weight is 232 g/mol. The number of aromatic nitrogens is 2. The van der Waals surface area contributed by atoms with Crippen molar-refractivity contribution in [1.82, 2.24) is 9.55 Å². The fourth-order valence-electron chi connectivity index (χ4n) is 1.65. The van der Waals surface area contributed by atoms with Crippen LogP contribution in [0.3, 0.4) is 0 Å². The van der Waals surface area contributed by atoms with Gasteiger partial charge in [-0.15, -0.1) is 0 Å². The molecule has 5 nitrogen and oxygen atoms in total. The van der Waals surface area contributed by atoms with E-state index in [1.807, 2.05) is 7.05 Å². The number of carboxylic acid groups (broad SMARTS) is 1. The van der Waals surface area contributed by atoms with Crippen molar-refractivity contribution < 1.29 is 14.6 Å². The van der Waals surface area contributed by atoms with Gasteiger partial charge in [0.25, 0.3) is 0 Å². The Hall–Kier alpha value is -2.30. The van der Waals surface area contributed by atoms with E-state index in [1.165, 1.54) is 13.2 Å². The number of nitrogens with zero attached hydrogens (tertiary/aromatic N) is 2. The van der Waals surface area contributed by atoms with Crippen LogP contribution in [-0.2, 0) is 7.05 Å². The minimum Gasteiger partial charge on any atom is -0.497 e. The highest BCUT2D eigenvalue weighted by Crippen LogP contribution is 2.25. The molecule has 1 heterocycles. The number of carboxylic acids is 1. The maximum atomic E-state index is 11.2. The number of aryl methyl sites for hydroxylation is 1.